The molecule has 2 fully saturated rings. The Morgan fingerprint density at radius 2 is 1.79 bits per heavy atom. The number of rotatable bonds is 7. The van der Waals surface area contributed by atoms with Crippen molar-refractivity contribution in [1.82, 2.24) is 8.61 Å². The van der Waals surface area contributed by atoms with Crippen molar-refractivity contribution in [3.05, 3.63) is 65.5 Å². The highest BCUT2D eigenvalue weighted by Crippen LogP contribution is 2.35. The normalized spacial score (nSPS) is 24.1. The number of hydrogen-bond donors (Lipinski definition) is 1. The number of nitrogens with two attached hydrogens (primary N) is 1. The second-order valence-electron chi connectivity index (χ2n) is 8.43. The summed E-state index contributed by atoms with van der Waals surface area (Å²) >= 11 is 0. The van der Waals surface area contributed by atoms with Gasteiger partial charge < -0.3 is 10.5 Å². The van der Waals surface area contributed by atoms with E-state index in [2.05, 4.69) is 0 Å². The van der Waals surface area contributed by atoms with E-state index in [9.17, 15) is 21.2 Å². The van der Waals surface area contributed by atoms with E-state index in [4.69, 9.17) is 10.5 Å². The van der Waals surface area contributed by atoms with Gasteiger partial charge in [0.2, 0.25) is 0 Å². The van der Waals surface area contributed by atoms with Gasteiger partial charge >= 0.3 is 0 Å². The van der Waals surface area contributed by atoms with Gasteiger partial charge in [-0.15, -0.1) is 0 Å². The Morgan fingerprint density at radius 1 is 1.09 bits per heavy atom. The first-order valence-electron chi connectivity index (χ1n) is 10.8. The van der Waals surface area contributed by atoms with Crippen molar-refractivity contribution in [3.8, 4) is 5.75 Å². The SMILES string of the molecule is NCc1cccc(OC[C@@H]2C[C@H](c3ccc(F)cc3)CN2S(=O)(=O)N2CCS(=O)(=O)CC2)c1. The van der Waals surface area contributed by atoms with Gasteiger partial charge in [-0.05, 0) is 47.7 Å². The Labute approximate surface area is 194 Å². The lowest BCUT2D eigenvalue weighted by atomic mass is 9.96. The van der Waals surface area contributed by atoms with Crippen molar-refractivity contribution in [2.24, 2.45) is 5.73 Å². The molecule has 0 spiro atoms. The molecule has 0 bridgehead atoms. The molecular formula is C22H28FN3O5S2. The van der Waals surface area contributed by atoms with Crippen LogP contribution in [-0.2, 0) is 26.6 Å². The molecule has 2 aromatic carbocycles. The summed E-state index contributed by atoms with van der Waals surface area (Å²) in [5.74, 6) is -0.249. The van der Waals surface area contributed by atoms with Crippen LogP contribution >= 0.6 is 0 Å². The van der Waals surface area contributed by atoms with Crippen molar-refractivity contribution in [2.45, 2.75) is 24.9 Å². The summed E-state index contributed by atoms with van der Waals surface area (Å²) in [6, 6.07) is 13.0. The van der Waals surface area contributed by atoms with Crippen molar-refractivity contribution >= 4 is 20.0 Å². The number of benzene rings is 2. The molecule has 2 aliphatic rings. The van der Waals surface area contributed by atoms with Crippen molar-refractivity contribution < 1.29 is 26.0 Å². The van der Waals surface area contributed by atoms with Crippen LogP contribution in [0.4, 0.5) is 4.39 Å². The molecular weight excluding hydrogens is 469 g/mol. The van der Waals surface area contributed by atoms with E-state index in [-0.39, 0.29) is 49.5 Å². The molecule has 2 aromatic rings. The fourth-order valence-electron chi connectivity index (χ4n) is 4.33. The lowest BCUT2D eigenvalue weighted by molar-refractivity contribution is 0.224. The van der Waals surface area contributed by atoms with Crippen LogP contribution in [0.2, 0.25) is 0 Å². The van der Waals surface area contributed by atoms with Crippen molar-refractivity contribution in [1.29, 1.82) is 0 Å². The summed E-state index contributed by atoms with van der Waals surface area (Å²) in [4.78, 5) is 0. The fourth-order valence-corrected chi connectivity index (χ4v) is 7.59. The molecule has 33 heavy (non-hydrogen) atoms. The summed E-state index contributed by atoms with van der Waals surface area (Å²) in [6.07, 6.45) is 0.508. The molecule has 8 nitrogen and oxygen atoms in total. The quantitative estimate of drug-likeness (QED) is 0.621. The summed E-state index contributed by atoms with van der Waals surface area (Å²) in [7, 11) is -7.12. The van der Waals surface area contributed by atoms with Gasteiger partial charge in [0.25, 0.3) is 10.2 Å². The first-order valence-corrected chi connectivity index (χ1v) is 14.0. The Hall–Kier alpha value is -2.05. The molecule has 2 aliphatic heterocycles. The standard InChI is InChI=1S/C22H28FN3O5S2/c23-20-6-4-18(5-7-20)19-13-21(16-31-22-3-1-2-17(12-22)14-24)26(15-19)33(29,30)25-8-10-32(27,28)11-9-25/h1-7,12,19,21H,8-11,13-16,24H2/t19-,21-/m0/s1. The third-order valence-electron chi connectivity index (χ3n) is 6.21. The average molecular weight is 498 g/mol. The smallest absolute Gasteiger partial charge is 0.282 e. The molecule has 2 saturated heterocycles. The van der Waals surface area contributed by atoms with E-state index in [1.807, 2.05) is 18.2 Å². The van der Waals surface area contributed by atoms with Crippen molar-refractivity contribution in [3.63, 3.8) is 0 Å². The molecule has 0 aromatic heterocycles. The van der Waals surface area contributed by atoms with Crippen LogP contribution in [0.15, 0.2) is 48.5 Å². The van der Waals surface area contributed by atoms with Crippen LogP contribution in [0.25, 0.3) is 0 Å². The van der Waals surface area contributed by atoms with E-state index < -0.39 is 26.1 Å². The largest absolute Gasteiger partial charge is 0.492 e. The van der Waals surface area contributed by atoms with Gasteiger partial charge in [-0.3, -0.25) is 0 Å². The third kappa shape index (κ3) is 5.55. The second kappa shape index (κ2) is 9.67. The summed E-state index contributed by atoms with van der Waals surface area (Å²) in [5, 5.41) is 0. The first-order chi connectivity index (χ1) is 15.7. The minimum absolute atomic E-state index is 0.0610. The van der Waals surface area contributed by atoms with Crippen LogP contribution in [0.5, 0.6) is 5.75 Å². The van der Waals surface area contributed by atoms with E-state index in [0.29, 0.717) is 18.7 Å². The Kier molecular flexibility index (Phi) is 7.06. The number of sulfone groups is 1. The lowest BCUT2D eigenvalue weighted by Gasteiger charge is -2.32. The summed E-state index contributed by atoms with van der Waals surface area (Å²) in [5.41, 5.74) is 7.45. The predicted molar refractivity (Wildman–Crippen MR) is 123 cm³/mol. The van der Waals surface area contributed by atoms with Gasteiger partial charge in [0.1, 0.15) is 18.2 Å². The number of halogens is 1. The highest BCUT2D eigenvalue weighted by molar-refractivity contribution is 7.91. The molecule has 0 aliphatic carbocycles. The molecule has 0 radical (unpaired) electrons. The van der Waals surface area contributed by atoms with E-state index in [1.165, 1.54) is 20.7 Å². The van der Waals surface area contributed by atoms with Crippen LogP contribution in [-0.4, -0.2) is 69.2 Å². The zero-order valence-corrected chi connectivity index (χ0v) is 19.8. The fraction of sp³-hybridized carbons (Fsp3) is 0.455. The zero-order chi connectivity index (χ0) is 23.6. The van der Waals surface area contributed by atoms with Gasteiger partial charge in [0, 0.05) is 26.2 Å². The number of nitrogens with zero attached hydrogens (tertiary/aromatic N) is 2. The van der Waals surface area contributed by atoms with Gasteiger partial charge in [-0.1, -0.05) is 24.3 Å². The first kappa shape index (κ1) is 24.1. The molecule has 2 heterocycles. The highest BCUT2D eigenvalue weighted by Gasteiger charge is 2.44. The lowest BCUT2D eigenvalue weighted by Crippen LogP contribution is -2.52. The molecule has 11 heteroatoms. The second-order valence-corrected chi connectivity index (χ2v) is 12.6. The van der Waals surface area contributed by atoms with Crippen molar-refractivity contribution in [2.75, 3.05) is 37.7 Å². The minimum atomic E-state index is -3.90. The summed E-state index contributed by atoms with van der Waals surface area (Å²) in [6.45, 7) is 0.597. The summed E-state index contributed by atoms with van der Waals surface area (Å²) < 4.78 is 72.5. The average Bonchev–Trinajstić information content (AvgIpc) is 3.23. The molecule has 2 atom stereocenters. The number of ether oxygens (including phenoxy) is 1. The number of hydrogen-bond acceptors (Lipinski definition) is 6. The van der Waals surface area contributed by atoms with Crippen LogP contribution < -0.4 is 10.5 Å². The van der Waals surface area contributed by atoms with Gasteiger partial charge in [-0.2, -0.15) is 17.0 Å². The molecule has 4 rings (SSSR count). The Balaban J connectivity index is 1.55. The third-order valence-corrected chi connectivity index (χ3v) is 9.87. The predicted octanol–water partition coefficient (Wildman–Crippen LogP) is 1.50. The minimum Gasteiger partial charge on any atom is -0.492 e. The molecule has 0 unspecified atom stereocenters. The van der Waals surface area contributed by atoms with E-state index >= 15 is 0 Å². The van der Waals surface area contributed by atoms with Crippen LogP contribution in [0.1, 0.15) is 23.5 Å². The Bertz CT molecular complexity index is 1170. The molecule has 0 saturated carbocycles. The Morgan fingerprint density at radius 3 is 2.45 bits per heavy atom. The monoisotopic (exact) mass is 497 g/mol. The van der Waals surface area contributed by atoms with Crippen LogP contribution in [0, 0.1) is 5.82 Å². The molecule has 180 valence electrons. The van der Waals surface area contributed by atoms with Gasteiger partial charge in [-0.25, -0.2) is 12.8 Å². The topological polar surface area (TPSA) is 110 Å². The maximum absolute atomic E-state index is 13.5. The van der Waals surface area contributed by atoms with Gasteiger partial charge in [0.15, 0.2) is 9.84 Å². The van der Waals surface area contributed by atoms with E-state index in [0.717, 1.165) is 11.1 Å². The zero-order valence-electron chi connectivity index (χ0n) is 18.1. The maximum Gasteiger partial charge on any atom is 0.282 e. The van der Waals surface area contributed by atoms with E-state index in [1.54, 1.807) is 18.2 Å². The van der Waals surface area contributed by atoms with Crippen LogP contribution in [0.3, 0.4) is 0 Å². The van der Waals surface area contributed by atoms with Gasteiger partial charge in [0.05, 0.1) is 17.5 Å². The highest BCUT2D eigenvalue weighted by atomic mass is 32.2. The molecule has 2 N–H and O–H groups in total. The molecule has 0 amide bonds. The maximum atomic E-state index is 13.5.